The van der Waals surface area contributed by atoms with E-state index < -0.39 is 11.4 Å². The number of ether oxygens (including phenoxy) is 1. The summed E-state index contributed by atoms with van der Waals surface area (Å²) in [5.74, 6) is 0.0460. The number of rotatable bonds is 2. The van der Waals surface area contributed by atoms with Crippen molar-refractivity contribution < 1.29 is 14.6 Å². The van der Waals surface area contributed by atoms with Crippen LogP contribution in [0.5, 0.6) is 0 Å². The molecule has 15 heavy (non-hydrogen) atoms. The number of carbonyl (C=O) groups is 1. The molecule has 2 aliphatic carbocycles. The summed E-state index contributed by atoms with van der Waals surface area (Å²) in [4.78, 5) is 11.6. The Balaban J connectivity index is 1.96. The van der Waals surface area contributed by atoms with Gasteiger partial charge in [0.1, 0.15) is 5.41 Å². The van der Waals surface area contributed by atoms with Crippen molar-refractivity contribution >= 4 is 5.97 Å². The van der Waals surface area contributed by atoms with E-state index in [2.05, 4.69) is 12.2 Å². The smallest absolute Gasteiger partial charge is 0.312 e. The number of hydrogen-bond donors (Lipinski definition) is 1. The van der Waals surface area contributed by atoms with Crippen molar-refractivity contribution in [1.82, 2.24) is 0 Å². The highest BCUT2D eigenvalue weighted by Gasteiger charge is 2.59. The molecule has 2 bridgehead atoms. The van der Waals surface area contributed by atoms with E-state index in [1.807, 2.05) is 0 Å². The minimum Gasteiger partial charge on any atom is -0.481 e. The summed E-state index contributed by atoms with van der Waals surface area (Å²) in [5, 5.41) is 9.53. The second-order valence-corrected chi connectivity index (χ2v) is 5.04. The highest BCUT2D eigenvalue weighted by molar-refractivity contribution is 5.77. The first-order valence-electron chi connectivity index (χ1n) is 5.77. The molecule has 3 rings (SSSR count). The van der Waals surface area contributed by atoms with E-state index in [1.54, 1.807) is 0 Å². The Morgan fingerprint density at radius 3 is 2.80 bits per heavy atom. The largest absolute Gasteiger partial charge is 0.481 e. The standard InChI is InChI=1S/C12H16O3/c13-11(14)12(10-2-1-5-15-10)7-8-3-4-9(12)6-8/h3-4,8-10H,1-2,5-7H2,(H,13,14). The summed E-state index contributed by atoms with van der Waals surface area (Å²) in [5.41, 5.74) is -0.601. The van der Waals surface area contributed by atoms with Gasteiger partial charge in [0.2, 0.25) is 0 Å². The van der Waals surface area contributed by atoms with Gasteiger partial charge in [-0.25, -0.2) is 0 Å². The van der Waals surface area contributed by atoms with Gasteiger partial charge < -0.3 is 9.84 Å². The van der Waals surface area contributed by atoms with Crippen LogP contribution in [-0.2, 0) is 9.53 Å². The Hall–Kier alpha value is -0.830. The second kappa shape index (κ2) is 3.08. The molecule has 1 saturated heterocycles. The van der Waals surface area contributed by atoms with Crippen molar-refractivity contribution in [2.45, 2.75) is 31.8 Å². The molecule has 1 N–H and O–H groups in total. The Morgan fingerprint density at radius 2 is 2.33 bits per heavy atom. The summed E-state index contributed by atoms with van der Waals surface area (Å²) in [6.45, 7) is 0.737. The van der Waals surface area contributed by atoms with Crippen LogP contribution in [0.25, 0.3) is 0 Å². The van der Waals surface area contributed by atoms with E-state index in [0.717, 1.165) is 32.3 Å². The molecule has 1 heterocycles. The number of aliphatic carboxylic acids is 1. The van der Waals surface area contributed by atoms with Crippen LogP contribution in [0.2, 0.25) is 0 Å². The van der Waals surface area contributed by atoms with Crippen molar-refractivity contribution in [1.29, 1.82) is 0 Å². The van der Waals surface area contributed by atoms with Crippen LogP contribution in [0.3, 0.4) is 0 Å². The van der Waals surface area contributed by atoms with Gasteiger partial charge in [-0.3, -0.25) is 4.79 Å². The van der Waals surface area contributed by atoms with Crippen molar-refractivity contribution in [3.05, 3.63) is 12.2 Å². The summed E-state index contributed by atoms with van der Waals surface area (Å²) >= 11 is 0. The van der Waals surface area contributed by atoms with Gasteiger partial charge in [-0.15, -0.1) is 0 Å². The first-order chi connectivity index (χ1) is 7.23. The second-order valence-electron chi connectivity index (χ2n) is 5.04. The molecular formula is C12H16O3. The van der Waals surface area contributed by atoms with Crippen LogP contribution >= 0.6 is 0 Å². The van der Waals surface area contributed by atoms with Crippen LogP contribution in [-0.4, -0.2) is 23.8 Å². The van der Waals surface area contributed by atoms with E-state index in [9.17, 15) is 9.90 Å². The molecule has 4 unspecified atom stereocenters. The minimum atomic E-state index is -0.647. The molecule has 0 aromatic rings. The van der Waals surface area contributed by atoms with E-state index in [1.165, 1.54) is 0 Å². The lowest BCUT2D eigenvalue weighted by atomic mass is 9.70. The lowest BCUT2D eigenvalue weighted by Gasteiger charge is -2.36. The molecule has 1 saturated carbocycles. The Kier molecular flexibility index (Phi) is 1.93. The van der Waals surface area contributed by atoms with Crippen LogP contribution in [0.4, 0.5) is 0 Å². The highest BCUT2D eigenvalue weighted by atomic mass is 16.5. The number of hydrogen-bond acceptors (Lipinski definition) is 2. The third-order valence-electron chi connectivity index (χ3n) is 4.34. The van der Waals surface area contributed by atoms with Gasteiger partial charge in [-0.1, -0.05) is 12.2 Å². The molecule has 0 spiro atoms. The first-order valence-corrected chi connectivity index (χ1v) is 5.77. The fraction of sp³-hybridized carbons (Fsp3) is 0.750. The molecule has 82 valence electrons. The molecule has 3 aliphatic rings. The highest BCUT2D eigenvalue weighted by Crippen LogP contribution is 2.56. The molecule has 0 amide bonds. The quantitative estimate of drug-likeness (QED) is 0.704. The maximum absolute atomic E-state index is 11.6. The average molecular weight is 208 g/mol. The number of carboxylic acids is 1. The fourth-order valence-electron chi connectivity index (χ4n) is 3.63. The van der Waals surface area contributed by atoms with Gasteiger partial charge >= 0.3 is 5.97 Å². The molecule has 3 heteroatoms. The van der Waals surface area contributed by atoms with E-state index in [4.69, 9.17) is 4.74 Å². The van der Waals surface area contributed by atoms with Crippen LogP contribution in [0.1, 0.15) is 25.7 Å². The van der Waals surface area contributed by atoms with Crippen molar-refractivity contribution in [3.63, 3.8) is 0 Å². The Labute approximate surface area is 89.1 Å². The number of fused-ring (bicyclic) bond motifs is 2. The lowest BCUT2D eigenvalue weighted by molar-refractivity contribution is -0.160. The SMILES string of the molecule is O=C(O)C1(C2CCCO2)CC2C=CC1C2. The molecule has 1 aliphatic heterocycles. The molecule has 0 aromatic heterocycles. The Bertz CT molecular complexity index is 317. The molecular weight excluding hydrogens is 192 g/mol. The van der Waals surface area contributed by atoms with Gasteiger partial charge in [-0.05, 0) is 37.5 Å². The van der Waals surface area contributed by atoms with Gasteiger partial charge in [-0.2, -0.15) is 0 Å². The zero-order chi connectivity index (χ0) is 10.5. The third kappa shape index (κ3) is 1.13. The predicted molar refractivity (Wildman–Crippen MR) is 54.4 cm³/mol. The zero-order valence-corrected chi connectivity index (χ0v) is 8.69. The van der Waals surface area contributed by atoms with Crippen LogP contribution in [0.15, 0.2) is 12.2 Å². The zero-order valence-electron chi connectivity index (χ0n) is 8.69. The Morgan fingerprint density at radius 1 is 1.47 bits per heavy atom. The van der Waals surface area contributed by atoms with Gasteiger partial charge in [0.15, 0.2) is 0 Å². The van der Waals surface area contributed by atoms with Crippen molar-refractivity contribution in [2.24, 2.45) is 17.3 Å². The van der Waals surface area contributed by atoms with Gasteiger partial charge in [0.25, 0.3) is 0 Å². The van der Waals surface area contributed by atoms with Gasteiger partial charge in [0.05, 0.1) is 6.10 Å². The lowest BCUT2D eigenvalue weighted by Crippen LogP contribution is -2.45. The monoisotopic (exact) mass is 208 g/mol. The topological polar surface area (TPSA) is 46.5 Å². The predicted octanol–water partition coefficient (Wildman–Crippen LogP) is 1.83. The molecule has 3 nitrogen and oxygen atoms in total. The van der Waals surface area contributed by atoms with E-state index in [-0.39, 0.29) is 12.0 Å². The minimum absolute atomic E-state index is 0.0463. The maximum Gasteiger partial charge on any atom is 0.312 e. The van der Waals surface area contributed by atoms with Crippen LogP contribution in [0, 0.1) is 17.3 Å². The van der Waals surface area contributed by atoms with E-state index >= 15 is 0 Å². The third-order valence-corrected chi connectivity index (χ3v) is 4.34. The molecule has 0 radical (unpaired) electrons. The summed E-state index contributed by atoms with van der Waals surface area (Å²) in [7, 11) is 0. The number of carboxylic acid groups (broad SMARTS) is 1. The normalized spacial score (nSPS) is 47.6. The molecule has 4 atom stereocenters. The molecule has 0 aromatic carbocycles. The summed E-state index contributed by atoms with van der Waals surface area (Å²) in [6, 6.07) is 0. The summed E-state index contributed by atoms with van der Waals surface area (Å²) in [6.07, 6.45) is 7.98. The van der Waals surface area contributed by atoms with E-state index in [0.29, 0.717) is 5.92 Å². The summed E-state index contributed by atoms with van der Waals surface area (Å²) < 4.78 is 5.64. The first kappa shape index (κ1) is 9.40. The van der Waals surface area contributed by atoms with Crippen molar-refractivity contribution in [2.75, 3.05) is 6.61 Å². The van der Waals surface area contributed by atoms with Crippen molar-refractivity contribution in [3.8, 4) is 0 Å². The average Bonchev–Trinajstić information content (AvgIpc) is 2.93. The fourth-order valence-corrected chi connectivity index (χ4v) is 3.63. The number of allylic oxidation sites excluding steroid dienone is 2. The van der Waals surface area contributed by atoms with Gasteiger partial charge in [0, 0.05) is 6.61 Å². The van der Waals surface area contributed by atoms with Crippen LogP contribution < -0.4 is 0 Å². The maximum atomic E-state index is 11.6. The molecule has 2 fully saturated rings.